The molecule has 1 rings (SSSR count). The molecule has 0 radical (unpaired) electrons. The molecule has 17 heavy (non-hydrogen) atoms. The number of aryl methyl sites for hydroxylation is 1. The second kappa shape index (κ2) is 5.71. The highest BCUT2D eigenvalue weighted by Crippen LogP contribution is 2.23. The fourth-order valence-electron chi connectivity index (χ4n) is 1.49. The van der Waals surface area contributed by atoms with Gasteiger partial charge in [-0.3, -0.25) is 4.79 Å². The summed E-state index contributed by atoms with van der Waals surface area (Å²) in [7, 11) is 0. The van der Waals surface area contributed by atoms with Crippen molar-refractivity contribution < 1.29 is 14.6 Å². The Labute approximate surface area is 102 Å². The van der Waals surface area contributed by atoms with E-state index in [2.05, 4.69) is 19.9 Å². The molecule has 0 spiro atoms. The molecule has 0 aromatic heterocycles. The number of benzene rings is 1. The van der Waals surface area contributed by atoms with Gasteiger partial charge in [0, 0.05) is 0 Å². The fraction of sp³-hybridized carbons (Fsp3) is 0.500. The maximum Gasteiger partial charge on any atom is 0.309 e. The van der Waals surface area contributed by atoms with Gasteiger partial charge in [0.05, 0.1) is 5.92 Å². The first-order valence-corrected chi connectivity index (χ1v) is 5.87. The summed E-state index contributed by atoms with van der Waals surface area (Å²) >= 11 is 0. The predicted molar refractivity (Wildman–Crippen MR) is 67.6 cm³/mol. The second-order valence-electron chi connectivity index (χ2n) is 4.78. The molecule has 1 aromatic carbocycles. The van der Waals surface area contributed by atoms with Gasteiger partial charge in [0.15, 0.2) is 0 Å². The lowest BCUT2D eigenvalue weighted by atomic mass is 10.0. The summed E-state index contributed by atoms with van der Waals surface area (Å²) in [6.45, 7) is 8.11. The van der Waals surface area contributed by atoms with Crippen molar-refractivity contribution >= 4 is 5.97 Å². The third-order valence-corrected chi connectivity index (χ3v) is 2.66. The molecule has 94 valence electrons. The first kappa shape index (κ1) is 13.6. The molecule has 0 amide bonds. The molecule has 0 bridgehead atoms. The van der Waals surface area contributed by atoms with Crippen molar-refractivity contribution in [1.29, 1.82) is 0 Å². The van der Waals surface area contributed by atoms with Crippen LogP contribution in [-0.2, 0) is 4.79 Å². The van der Waals surface area contributed by atoms with Crippen molar-refractivity contribution in [2.45, 2.75) is 33.6 Å². The van der Waals surface area contributed by atoms with E-state index in [1.807, 2.05) is 19.1 Å². The summed E-state index contributed by atoms with van der Waals surface area (Å²) < 4.78 is 5.52. The van der Waals surface area contributed by atoms with Crippen LogP contribution in [0.3, 0.4) is 0 Å². The average Bonchev–Trinajstić information content (AvgIpc) is 2.24. The first-order valence-electron chi connectivity index (χ1n) is 5.87. The molecule has 0 aliphatic carbocycles. The molecule has 1 aromatic rings. The third-order valence-electron chi connectivity index (χ3n) is 2.66. The molecule has 1 unspecified atom stereocenters. The van der Waals surface area contributed by atoms with Crippen molar-refractivity contribution in [2.75, 3.05) is 6.61 Å². The smallest absolute Gasteiger partial charge is 0.309 e. The van der Waals surface area contributed by atoms with Gasteiger partial charge in [-0.25, -0.2) is 0 Å². The molecular weight excluding hydrogens is 216 g/mol. The lowest BCUT2D eigenvalue weighted by Crippen LogP contribution is -2.18. The number of hydrogen-bond donors (Lipinski definition) is 1. The van der Waals surface area contributed by atoms with Gasteiger partial charge in [0.2, 0.25) is 0 Å². The van der Waals surface area contributed by atoms with Crippen molar-refractivity contribution in [1.82, 2.24) is 0 Å². The third kappa shape index (κ3) is 4.10. The van der Waals surface area contributed by atoms with Gasteiger partial charge in [-0.15, -0.1) is 0 Å². The zero-order valence-corrected chi connectivity index (χ0v) is 10.9. The largest absolute Gasteiger partial charge is 0.493 e. The van der Waals surface area contributed by atoms with Crippen LogP contribution < -0.4 is 4.74 Å². The second-order valence-corrected chi connectivity index (χ2v) is 4.78. The van der Waals surface area contributed by atoms with Crippen LogP contribution in [-0.4, -0.2) is 17.7 Å². The van der Waals surface area contributed by atoms with E-state index in [1.54, 1.807) is 6.92 Å². The highest BCUT2D eigenvalue weighted by Gasteiger charge is 2.12. The van der Waals surface area contributed by atoms with Crippen molar-refractivity contribution in [3.8, 4) is 5.75 Å². The Morgan fingerprint density at radius 2 is 1.94 bits per heavy atom. The fourth-order valence-corrected chi connectivity index (χ4v) is 1.49. The van der Waals surface area contributed by atoms with E-state index in [4.69, 9.17) is 9.84 Å². The quantitative estimate of drug-likeness (QED) is 0.853. The van der Waals surface area contributed by atoms with Gasteiger partial charge >= 0.3 is 5.97 Å². The van der Waals surface area contributed by atoms with Crippen LogP contribution >= 0.6 is 0 Å². The lowest BCUT2D eigenvalue weighted by Gasteiger charge is -2.13. The number of rotatable bonds is 5. The van der Waals surface area contributed by atoms with E-state index in [1.165, 1.54) is 5.56 Å². The van der Waals surface area contributed by atoms with Crippen LogP contribution in [0.1, 0.15) is 37.8 Å². The zero-order valence-electron chi connectivity index (χ0n) is 10.9. The summed E-state index contributed by atoms with van der Waals surface area (Å²) in [5.74, 6) is -0.129. The molecule has 1 N–H and O–H groups in total. The molecule has 3 nitrogen and oxygen atoms in total. The Balaban J connectivity index is 2.74. The number of ether oxygens (including phenoxy) is 1. The molecular formula is C14H20O3. The van der Waals surface area contributed by atoms with E-state index in [9.17, 15) is 4.79 Å². The van der Waals surface area contributed by atoms with Crippen LogP contribution in [0.25, 0.3) is 0 Å². The Morgan fingerprint density at radius 3 is 2.47 bits per heavy atom. The Kier molecular flexibility index (Phi) is 4.55. The Morgan fingerprint density at radius 1 is 1.29 bits per heavy atom. The average molecular weight is 236 g/mol. The molecule has 0 saturated heterocycles. The van der Waals surface area contributed by atoms with Gasteiger partial charge in [-0.2, -0.15) is 0 Å². The summed E-state index contributed by atoms with van der Waals surface area (Å²) in [6, 6.07) is 6.03. The molecule has 0 saturated carbocycles. The van der Waals surface area contributed by atoms with Crippen LogP contribution in [0.5, 0.6) is 5.75 Å². The minimum atomic E-state index is -0.832. The number of aliphatic carboxylic acids is 1. The van der Waals surface area contributed by atoms with Gasteiger partial charge in [-0.1, -0.05) is 19.9 Å². The standard InChI is InChI=1S/C14H20O3/c1-9(2)12-5-10(3)6-13(7-12)17-8-11(4)14(15)16/h5-7,9,11H,8H2,1-4H3,(H,15,16). The Hall–Kier alpha value is -1.51. The van der Waals surface area contributed by atoms with E-state index in [0.717, 1.165) is 11.3 Å². The molecule has 0 aliphatic rings. The summed E-state index contributed by atoms with van der Waals surface area (Å²) in [5, 5.41) is 8.78. The van der Waals surface area contributed by atoms with Gasteiger partial charge in [0.1, 0.15) is 12.4 Å². The molecule has 1 atom stereocenters. The first-order chi connectivity index (χ1) is 7.90. The van der Waals surface area contributed by atoms with Crippen molar-refractivity contribution in [3.05, 3.63) is 29.3 Å². The van der Waals surface area contributed by atoms with Crippen LogP contribution in [0, 0.1) is 12.8 Å². The lowest BCUT2D eigenvalue weighted by molar-refractivity contribution is -0.142. The zero-order chi connectivity index (χ0) is 13.0. The molecule has 0 fully saturated rings. The van der Waals surface area contributed by atoms with Gasteiger partial charge < -0.3 is 9.84 Å². The predicted octanol–water partition coefficient (Wildman–Crippen LogP) is 3.22. The minimum absolute atomic E-state index is 0.205. The highest BCUT2D eigenvalue weighted by molar-refractivity contribution is 5.69. The minimum Gasteiger partial charge on any atom is -0.493 e. The van der Waals surface area contributed by atoms with E-state index in [-0.39, 0.29) is 6.61 Å². The molecule has 3 heteroatoms. The Bertz CT molecular complexity index is 396. The normalized spacial score (nSPS) is 12.5. The number of carboxylic acid groups (broad SMARTS) is 1. The van der Waals surface area contributed by atoms with Crippen molar-refractivity contribution in [3.63, 3.8) is 0 Å². The number of carbonyl (C=O) groups is 1. The summed E-state index contributed by atoms with van der Waals surface area (Å²) in [5.41, 5.74) is 2.34. The van der Waals surface area contributed by atoms with E-state index in [0.29, 0.717) is 5.92 Å². The summed E-state index contributed by atoms with van der Waals surface area (Å²) in [6.07, 6.45) is 0. The maximum absolute atomic E-state index is 10.7. The topological polar surface area (TPSA) is 46.5 Å². The monoisotopic (exact) mass is 236 g/mol. The van der Waals surface area contributed by atoms with E-state index < -0.39 is 11.9 Å². The SMILES string of the molecule is Cc1cc(OCC(C)C(=O)O)cc(C(C)C)c1. The van der Waals surface area contributed by atoms with Crippen LogP contribution in [0.4, 0.5) is 0 Å². The van der Waals surface area contributed by atoms with Crippen molar-refractivity contribution in [2.24, 2.45) is 5.92 Å². The molecule has 0 aliphatic heterocycles. The highest BCUT2D eigenvalue weighted by atomic mass is 16.5. The molecule has 0 heterocycles. The summed E-state index contributed by atoms with van der Waals surface area (Å²) in [4.78, 5) is 10.7. The van der Waals surface area contributed by atoms with Crippen LogP contribution in [0.2, 0.25) is 0 Å². The maximum atomic E-state index is 10.7. The van der Waals surface area contributed by atoms with Crippen LogP contribution in [0.15, 0.2) is 18.2 Å². The van der Waals surface area contributed by atoms with E-state index >= 15 is 0 Å². The number of hydrogen-bond acceptors (Lipinski definition) is 2. The van der Waals surface area contributed by atoms with Gasteiger partial charge in [0.25, 0.3) is 0 Å². The van der Waals surface area contributed by atoms with Gasteiger partial charge in [-0.05, 0) is 43.0 Å². The number of carboxylic acids is 1.